The molecule has 0 saturated heterocycles. The first-order valence-corrected chi connectivity index (χ1v) is 3.45. The Morgan fingerprint density at radius 2 is 2.20 bits per heavy atom. The SMILES string of the molecule is C=C(OC)C(C)(CC)CO. The van der Waals surface area contributed by atoms with E-state index in [1.54, 1.807) is 7.11 Å². The van der Waals surface area contributed by atoms with Crippen LogP contribution in [0.1, 0.15) is 20.3 Å². The lowest BCUT2D eigenvalue weighted by Gasteiger charge is -2.26. The largest absolute Gasteiger partial charge is 0.501 e. The molecule has 1 unspecified atom stereocenters. The number of rotatable bonds is 4. The fraction of sp³-hybridized carbons (Fsp3) is 0.750. The first-order chi connectivity index (χ1) is 4.60. The molecule has 0 aliphatic rings. The molecule has 0 rings (SSSR count). The van der Waals surface area contributed by atoms with Crippen molar-refractivity contribution in [3.05, 3.63) is 12.3 Å². The van der Waals surface area contributed by atoms with E-state index in [0.717, 1.165) is 6.42 Å². The van der Waals surface area contributed by atoms with Crippen LogP contribution in [0, 0.1) is 5.41 Å². The maximum Gasteiger partial charge on any atom is 0.0965 e. The van der Waals surface area contributed by atoms with Gasteiger partial charge < -0.3 is 9.84 Å². The van der Waals surface area contributed by atoms with Gasteiger partial charge in [0.05, 0.1) is 19.5 Å². The maximum absolute atomic E-state index is 8.95. The van der Waals surface area contributed by atoms with E-state index in [0.29, 0.717) is 5.76 Å². The molecular formula is C8H16O2. The van der Waals surface area contributed by atoms with E-state index >= 15 is 0 Å². The second-order valence-electron chi connectivity index (χ2n) is 2.70. The normalized spacial score (nSPS) is 16.0. The summed E-state index contributed by atoms with van der Waals surface area (Å²) in [5.74, 6) is 0.650. The maximum atomic E-state index is 8.95. The van der Waals surface area contributed by atoms with Crippen molar-refractivity contribution in [3.8, 4) is 0 Å². The van der Waals surface area contributed by atoms with Gasteiger partial charge in [-0.1, -0.05) is 20.4 Å². The summed E-state index contributed by atoms with van der Waals surface area (Å²) in [4.78, 5) is 0. The van der Waals surface area contributed by atoms with Gasteiger partial charge in [-0.3, -0.25) is 0 Å². The summed E-state index contributed by atoms with van der Waals surface area (Å²) in [5.41, 5.74) is -0.269. The lowest BCUT2D eigenvalue weighted by atomic mass is 9.87. The minimum Gasteiger partial charge on any atom is -0.501 e. The monoisotopic (exact) mass is 144 g/mol. The molecule has 10 heavy (non-hydrogen) atoms. The number of aliphatic hydroxyl groups excluding tert-OH is 1. The molecule has 0 aromatic carbocycles. The van der Waals surface area contributed by atoms with Crippen LogP contribution in [0.2, 0.25) is 0 Å². The van der Waals surface area contributed by atoms with Gasteiger partial charge in [-0.2, -0.15) is 0 Å². The van der Waals surface area contributed by atoms with Crippen molar-refractivity contribution in [1.82, 2.24) is 0 Å². The average molecular weight is 144 g/mol. The number of hydrogen-bond acceptors (Lipinski definition) is 2. The van der Waals surface area contributed by atoms with Gasteiger partial charge >= 0.3 is 0 Å². The lowest BCUT2D eigenvalue weighted by Crippen LogP contribution is -2.23. The predicted octanol–water partition coefficient (Wildman–Crippen LogP) is 1.56. The highest BCUT2D eigenvalue weighted by Crippen LogP contribution is 2.28. The smallest absolute Gasteiger partial charge is 0.0965 e. The Morgan fingerprint density at radius 1 is 1.70 bits per heavy atom. The number of aliphatic hydroxyl groups is 1. The Balaban J connectivity index is 4.17. The summed E-state index contributed by atoms with van der Waals surface area (Å²) < 4.78 is 4.94. The van der Waals surface area contributed by atoms with Crippen molar-refractivity contribution in [2.45, 2.75) is 20.3 Å². The molecule has 1 N–H and O–H groups in total. The molecule has 0 radical (unpaired) electrons. The van der Waals surface area contributed by atoms with Crippen molar-refractivity contribution in [1.29, 1.82) is 0 Å². The zero-order valence-corrected chi connectivity index (χ0v) is 6.98. The van der Waals surface area contributed by atoms with Gasteiger partial charge in [0, 0.05) is 5.41 Å². The number of hydrogen-bond donors (Lipinski definition) is 1. The number of ether oxygens (including phenoxy) is 1. The van der Waals surface area contributed by atoms with Crippen LogP contribution >= 0.6 is 0 Å². The minimum absolute atomic E-state index is 0.0934. The van der Waals surface area contributed by atoms with Crippen LogP contribution in [0.25, 0.3) is 0 Å². The Kier molecular flexibility index (Phi) is 3.43. The van der Waals surface area contributed by atoms with E-state index in [-0.39, 0.29) is 12.0 Å². The first-order valence-electron chi connectivity index (χ1n) is 3.45. The highest BCUT2D eigenvalue weighted by molar-refractivity contribution is 4.99. The van der Waals surface area contributed by atoms with Crippen LogP contribution < -0.4 is 0 Å². The van der Waals surface area contributed by atoms with E-state index in [2.05, 4.69) is 6.58 Å². The minimum atomic E-state index is -0.269. The standard InChI is InChI=1S/C8H16O2/c1-5-8(3,6-9)7(2)10-4/h9H,2,5-6H2,1,3-4H3. The van der Waals surface area contributed by atoms with Crippen LogP contribution in [0.4, 0.5) is 0 Å². The highest BCUT2D eigenvalue weighted by atomic mass is 16.5. The van der Waals surface area contributed by atoms with Gasteiger partial charge in [-0.25, -0.2) is 0 Å². The first kappa shape index (κ1) is 9.50. The van der Waals surface area contributed by atoms with E-state index in [1.807, 2.05) is 13.8 Å². The Morgan fingerprint density at radius 3 is 2.30 bits per heavy atom. The van der Waals surface area contributed by atoms with Gasteiger partial charge in [0.1, 0.15) is 0 Å². The summed E-state index contributed by atoms with van der Waals surface area (Å²) in [6.07, 6.45) is 0.843. The van der Waals surface area contributed by atoms with Crippen molar-refractivity contribution in [2.75, 3.05) is 13.7 Å². The molecule has 0 fully saturated rings. The molecular weight excluding hydrogens is 128 g/mol. The van der Waals surface area contributed by atoms with Crippen molar-refractivity contribution in [3.63, 3.8) is 0 Å². The Hall–Kier alpha value is -0.500. The molecule has 0 aromatic heterocycles. The quantitative estimate of drug-likeness (QED) is 0.607. The molecule has 0 aliphatic heterocycles. The number of methoxy groups -OCH3 is 1. The van der Waals surface area contributed by atoms with Crippen molar-refractivity contribution in [2.24, 2.45) is 5.41 Å². The van der Waals surface area contributed by atoms with Gasteiger partial charge in [-0.15, -0.1) is 0 Å². The summed E-state index contributed by atoms with van der Waals surface area (Å²) in [7, 11) is 1.58. The molecule has 0 saturated carbocycles. The molecule has 2 nitrogen and oxygen atoms in total. The van der Waals surface area contributed by atoms with Crippen molar-refractivity contribution >= 4 is 0 Å². The van der Waals surface area contributed by atoms with E-state index in [9.17, 15) is 0 Å². The third kappa shape index (κ3) is 1.74. The van der Waals surface area contributed by atoms with Crippen LogP contribution in [0.15, 0.2) is 12.3 Å². The summed E-state index contributed by atoms with van der Waals surface area (Å²) >= 11 is 0. The molecule has 0 aliphatic carbocycles. The fourth-order valence-corrected chi connectivity index (χ4v) is 0.644. The van der Waals surface area contributed by atoms with E-state index in [1.165, 1.54) is 0 Å². The van der Waals surface area contributed by atoms with Gasteiger partial charge in [0.25, 0.3) is 0 Å². The summed E-state index contributed by atoms with van der Waals surface area (Å²) in [5, 5.41) is 8.95. The molecule has 1 atom stereocenters. The topological polar surface area (TPSA) is 29.5 Å². The summed E-state index contributed by atoms with van der Waals surface area (Å²) in [6.45, 7) is 7.73. The molecule has 0 spiro atoms. The Labute approximate surface area is 62.5 Å². The van der Waals surface area contributed by atoms with E-state index < -0.39 is 0 Å². The van der Waals surface area contributed by atoms with Crippen LogP contribution in [0.5, 0.6) is 0 Å². The van der Waals surface area contributed by atoms with Crippen LogP contribution in [-0.2, 0) is 4.74 Å². The molecule has 2 heteroatoms. The molecule has 0 aromatic rings. The lowest BCUT2D eigenvalue weighted by molar-refractivity contribution is 0.103. The van der Waals surface area contributed by atoms with E-state index in [4.69, 9.17) is 9.84 Å². The summed E-state index contributed by atoms with van der Waals surface area (Å²) in [6, 6.07) is 0. The van der Waals surface area contributed by atoms with Crippen LogP contribution in [-0.4, -0.2) is 18.8 Å². The second-order valence-corrected chi connectivity index (χ2v) is 2.70. The zero-order chi connectivity index (χ0) is 8.20. The molecule has 0 heterocycles. The molecule has 0 bridgehead atoms. The van der Waals surface area contributed by atoms with Gasteiger partial charge in [0.2, 0.25) is 0 Å². The second kappa shape index (κ2) is 3.62. The van der Waals surface area contributed by atoms with Crippen LogP contribution in [0.3, 0.4) is 0 Å². The third-order valence-corrected chi connectivity index (χ3v) is 2.05. The molecule has 60 valence electrons. The zero-order valence-electron chi connectivity index (χ0n) is 6.98. The van der Waals surface area contributed by atoms with Gasteiger partial charge in [0.15, 0.2) is 0 Å². The fourth-order valence-electron chi connectivity index (χ4n) is 0.644. The molecule has 0 amide bonds. The van der Waals surface area contributed by atoms with Crippen molar-refractivity contribution < 1.29 is 9.84 Å². The van der Waals surface area contributed by atoms with Gasteiger partial charge in [-0.05, 0) is 6.42 Å². The highest BCUT2D eigenvalue weighted by Gasteiger charge is 2.25. The predicted molar refractivity (Wildman–Crippen MR) is 41.6 cm³/mol. The average Bonchev–Trinajstić information content (AvgIpc) is 2.01. The third-order valence-electron chi connectivity index (χ3n) is 2.05. The Bertz CT molecular complexity index is 114.